The molecule has 0 aliphatic heterocycles. The molecule has 0 aliphatic rings. The van der Waals surface area contributed by atoms with Crippen LogP contribution >= 0.6 is 0 Å². The van der Waals surface area contributed by atoms with Crippen LogP contribution in [0.15, 0.2) is 58.8 Å². The van der Waals surface area contributed by atoms with Gasteiger partial charge in [-0.25, -0.2) is 9.59 Å². The summed E-state index contributed by atoms with van der Waals surface area (Å²) in [5, 5.41) is 8.49. The SMILES string of the molecule is CCC#CC#CCCCCCCCCCOC(=O)c1ccc(N=Nc2ccc(C(=O)OCCCCCCCCCC#CC#CCC)cc2)cc1. The Morgan fingerprint density at radius 3 is 1.14 bits per heavy atom. The molecule has 2 rings (SSSR count). The second-order valence-corrected chi connectivity index (χ2v) is 11.9. The van der Waals surface area contributed by atoms with Crippen molar-refractivity contribution in [2.45, 2.75) is 129 Å². The number of ether oxygens (including phenoxy) is 2. The van der Waals surface area contributed by atoms with Crippen molar-refractivity contribution in [3.63, 3.8) is 0 Å². The van der Waals surface area contributed by atoms with Crippen molar-refractivity contribution in [1.82, 2.24) is 0 Å². The van der Waals surface area contributed by atoms with Gasteiger partial charge in [-0.3, -0.25) is 0 Å². The van der Waals surface area contributed by atoms with E-state index in [4.69, 9.17) is 9.47 Å². The van der Waals surface area contributed by atoms with E-state index >= 15 is 0 Å². The Morgan fingerprint density at radius 1 is 0.460 bits per heavy atom. The average molecular weight is 675 g/mol. The monoisotopic (exact) mass is 674 g/mol. The molecule has 6 heteroatoms. The number of unbranched alkanes of at least 4 members (excludes halogenated alkanes) is 14. The number of nitrogens with zero attached hydrogens (tertiary/aromatic N) is 2. The first-order chi connectivity index (χ1) is 24.6. The van der Waals surface area contributed by atoms with Crippen molar-refractivity contribution in [3.8, 4) is 47.4 Å². The van der Waals surface area contributed by atoms with Crippen LogP contribution in [0.2, 0.25) is 0 Å². The Labute approximate surface area is 301 Å². The van der Waals surface area contributed by atoms with Crippen molar-refractivity contribution < 1.29 is 19.1 Å². The molecule has 0 fully saturated rings. The van der Waals surface area contributed by atoms with Crippen LogP contribution in [0.3, 0.4) is 0 Å². The van der Waals surface area contributed by atoms with E-state index < -0.39 is 0 Å². The molecule has 2 aromatic carbocycles. The summed E-state index contributed by atoms with van der Waals surface area (Å²) in [6, 6.07) is 13.7. The highest BCUT2D eigenvalue weighted by atomic mass is 16.5. The fraction of sp³-hybridized carbons (Fsp3) is 0.500. The van der Waals surface area contributed by atoms with Crippen molar-refractivity contribution in [1.29, 1.82) is 0 Å². The molecule has 0 amide bonds. The van der Waals surface area contributed by atoms with Crippen LogP contribution in [0.4, 0.5) is 11.4 Å². The number of rotatable bonds is 22. The van der Waals surface area contributed by atoms with Crippen LogP contribution < -0.4 is 0 Å². The van der Waals surface area contributed by atoms with Gasteiger partial charge in [0.25, 0.3) is 0 Å². The first-order valence-electron chi connectivity index (χ1n) is 18.5. The van der Waals surface area contributed by atoms with Crippen LogP contribution in [-0.4, -0.2) is 25.2 Å². The molecule has 2 aromatic rings. The Morgan fingerprint density at radius 2 is 0.780 bits per heavy atom. The molecule has 6 nitrogen and oxygen atoms in total. The van der Waals surface area contributed by atoms with Gasteiger partial charge in [0, 0.05) is 25.7 Å². The Balaban J connectivity index is 1.54. The van der Waals surface area contributed by atoms with Crippen LogP contribution in [0.1, 0.15) is 150 Å². The summed E-state index contributed by atoms with van der Waals surface area (Å²) in [7, 11) is 0. The van der Waals surface area contributed by atoms with Crippen LogP contribution in [0, 0.1) is 47.4 Å². The standard InChI is InChI=1S/C44H54N2O4/c1-3-5-7-9-11-13-15-17-19-21-23-25-27-37-49-43(47)39-29-33-41(34-30-39)45-46-42-35-31-40(32-36-42)44(48)50-38-28-26-24-22-20-18-16-14-12-10-8-6-4-2/h29-36H,3-4,13-28,37-38H2,1-2H3. The van der Waals surface area contributed by atoms with Gasteiger partial charge in [-0.15, -0.1) is 0 Å². The van der Waals surface area contributed by atoms with Crippen LogP contribution in [0.25, 0.3) is 0 Å². The van der Waals surface area contributed by atoms with Gasteiger partial charge in [-0.05, 0) is 97.9 Å². The van der Waals surface area contributed by atoms with Crippen LogP contribution in [-0.2, 0) is 9.47 Å². The van der Waals surface area contributed by atoms with E-state index in [0.29, 0.717) is 35.7 Å². The number of azo groups is 1. The molecular weight excluding hydrogens is 620 g/mol. The van der Waals surface area contributed by atoms with Gasteiger partial charge < -0.3 is 9.47 Å². The molecule has 0 heterocycles. The largest absolute Gasteiger partial charge is 0.462 e. The van der Waals surface area contributed by atoms with Crippen LogP contribution in [0.5, 0.6) is 0 Å². The third-order valence-electron chi connectivity index (χ3n) is 7.68. The predicted molar refractivity (Wildman–Crippen MR) is 203 cm³/mol. The lowest BCUT2D eigenvalue weighted by Gasteiger charge is -2.05. The second kappa shape index (κ2) is 29.2. The summed E-state index contributed by atoms with van der Waals surface area (Å²) in [6.07, 6.45) is 19.1. The number of hydrogen-bond donors (Lipinski definition) is 0. The van der Waals surface area contributed by atoms with Gasteiger partial charge in [0.15, 0.2) is 0 Å². The van der Waals surface area contributed by atoms with Crippen molar-refractivity contribution in [2.24, 2.45) is 10.2 Å². The van der Waals surface area contributed by atoms with Gasteiger partial charge in [-0.1, -0.05) is 102 Å². The summed E-state index contributed by atoms with van der Waals surface area (Å²) >= 11 is 0. The minimum absolute atomic E-state index is 0.331. The molecule has 0 unspecified atom stereocenters. The summed E-state index contributed by atoms with van der Waals surface area (Å²) in [5.41, 5.74) is 2.21. The minimum atomic E-state index is -0.331. The Kier molecular flexibility index (Phi) is 24.1. The molecule has 264 valence electrons. The van der Waals surface area contributed by atoms with E-state index in [9.17, 15) is 9.59 Å². The molecule has 50 heavy (non-hydrogen) atoms. The van der Waals surface area contributed by atoms with E-state index in [1.54, 1.807) is 48.5 Å². The topological polar surface area (TPSA) is 77.3 Å². The normalized spacial score (nSPS) is 10.0. The molecule has 0 bridgehead atoms. The van der Waals surface area contributed by atoms with Gasteiger partial charge in [0.1, 0.15) is 0 Å². The first-order valence-corrected chi connectivity index (χ1v) is 18.5. The summed E-state index contributed by atoms with van der Waals surface area (Å²) in [4.78, 5) is 24.8. The summed E-state index contributed by atoms with van der Waals surface area (Å²) < 4.78 is 10.9. The van der Waals surface area contributed by atoms with Crippen molar-refractivity contribution in [2.75, 3.05) is 13.2 Å². The number of carbonyl (C=O) groups is 2. The van der Waals surface area contributed by atoms with E-state index in [1.165, 1.54) is 38.5 Å². The summed E-state index contributed by atoms with van der Waals surface area (Å²) in [5.74, 6) is 22.9. The third-order valence-corrected chi connectivity index (χ3v) is 7.68. The molecule has 0 spiro atoms. The highest BCUT2D eigenvalue weighted by molar-refractivity contribution is 5.90. The fourth-order valence-electron chi connectivity index (χ4n) is 4.82. The molecule has 0 saturated heterocycles. The Hall–Kier alpha value is -4.78. The zero-order valence-electron chi connectivity index (χ0n) is 30.3. The minimum Gasteiger partial charge on any atom is -0.462 e. The van der Waals surface area contributed by atoms with E-state index in [-0.39, 0.29) is 11.9 Å². The molecule has 0 N–H and O–H groups in total. The van der Waals surface area contributed by atoms with Gasteiger partial charge in [0.05, 0.1) is 35.7 Å². The maximum Gasteiger partial charge on any atom is 0.338 e. The lowest BCUT2D eigenvalue weighted by molar-refractivity contribution is 0.0488. The first kappa shape index (κ1) is 41.4. The van der Waals surface area contributed by atoms with E-state index in [0.717, 1.165) is 77.0 Å². The zero-order valence-corrected chi connectivity index (χ0v) is 30.3. The third kappa shape index (κ3) is 21.2. The molecular formula is C44H54N2O4. The quantitative estimate of drug-likeness (QED) is 0.0539. The fourth-order valence-corrected chi connectivity index (χ4v) is 4.82. The molecule has 0 atom stereocenters. The van der Waals surface area contributed by atoms with Gasteiger partial charge in [-0.2, -0.15) is 10.2 Å². The maximum absolute atomic E-state index is 12.4. The maximum atomic E-state index is 12.4. The number of esters is 2. The number of hydrogen-bond acceptors (Lipinski definition) is 6. The highest BCUT2D eigenvalue weighted by Gasteiger charge is 2.08. The molecule has 0 radical (unpaired) electrons. The number of benzene rings is 2. The smallest absolute Gasteiger partial charge is 0.338 e. The average Bonchev–Trinajstić information content (AvgIpc) is 3.14. The van der Waals surface area contributed by atoms with E-state index in [2.05, 4.69) is 57.6 Å². The van der Waals surface area contributed by atoms with Gasteiger partial charge in [0.2, 0.25) is 0 Å². The number of carbonyl (C=O) groups excluding carboxylic acids is 2. The van der Waals surface area contributed by atoms with Crippen molar-refractivity contribution >= 4 is 23.3 Å². The lowest BCUT2D eigenvalue weighted by Crippen LogP contribution is -2.06. The predicted octanol–water partition coefficient (Wildman–Crippen LogP) is 11.5. The summed E-state index contributed by atoms with van der Waals surface area (Å²) in [6.45, 7) is 4.89. The lowest BCUT2D eigenvalue weighted by atomic mass is 10.1. The zero-order chi connectivity index (χ0) is 35.7. The molecule has 0 aromatic heterocycles. The Bertz CT molecular complexity index is 1410. The molecule has 0 aliphatic carbocycles. The molecule has 0 saturated carbocycles. The van der Waals surface area contributed by atoms with Crippen molar-refractivity contribution in [3.05, 3.63) is 59.7 Å². The highest BCUT2D eigenvalue weighted by Crippen LogP contribution is 2.20. The van der Waals surface area contributed by atoms with E-state index in [1.807, 2.05) is 13.8 Å². The second-order valence-electron chi connectivity index (χ2n) is 11.9. The van der Waals surface area contributed by atoms with Gasteiger partial charge >= 0.3 is 11.9 Å².